The number of amides is 1. The lowest BCUT2D eigenvalue weighted by Crippen LogP contribution is -2.27. The largest absolute Gasteiger partial charge is 0.385 e. The minimum absolute atomic E-state index is 0. The lowest BCUT2D eigenvalue weighted by Gasteiger charge is -2.21. The van der Waals surface area contributed by atoms with E-state index in [-0.39, 0.29) is 23.7 Å². The molecule has 1 amide bonds. The van der Waals surface area contributed by atoms with Crippen molar-refractivity contribution in [1.29, 1.82) is 0 Å². The number of aryl methyl sites for hydroxylation is 1. The first-order chi connectivity index (χ1) is 7.97. The molecule has 0 bridgehead atoms. The Morgan fingerprint density at radius 3 is 2.72 bits per heavy atom. The van der Waals surface area contributed by atoms with Gasteiger partial charge in [-0.05, 0) is 36.6 Å². The van der Waals surface area contributed by atoms with Crippen molar-refractivity contribution in [2.75, 3.05) is 17.2 Å². The summed E-state index contributed by atoms with van der Waals surface area (Å²) >= 11 is 0. The summed E-state index contributed by atoms with van der Waals surface area (Å²) in [4.78, 5) is 11.9. The number of anilines is 2. The van der Waals surface area contributed by atoms with E-state index in [0.717, 1.165) is 25.1 Å². The number of benzene rings is 1. The SMILES string of the molecule is CC(C)(C)C(=O)Nc1ccc2c(c1)CCCN2.Cl. The molecule has 0 radical (unpaired) electrons. The zero-order chi connectivity index (χ0) is 12.5. The topological polar surface area (TPSA) is 41.1 Å². The van der Waals surface area contributed by atoms with Crippen LogP contribution in [0.2, 0.25) is 0 Å². The predicted octanol–water partition coefficient (Wildman–Crippen LogP) is 3.45. The van der Waals surface area contributed by atoms with Crippen molar-refractivity contribution in [3.8, 4) is 0 Å². The molecule has 2 N–H and O–H groups in total. The lowest BCUT2D eigenvalue weighted by atomic mass is 9.95. The van der Waals surface area contributed by atoms with Crippen molar-refractivity contribution in [2.45, 2.75) is 33.6 Å². The van der Waals surface area contributed by atoms with Crippen LogP contribution in [0.25, 0.3) is 0 Å². The van der Waals surface area contributed by atoms with Gasteiger partial charge >= 0.3 is 0 Å². The normalized spacial score (nSPS) is 13.9. The van der Waals surface area contributed by atoms with Gasteiger partial charge in [-0.2, -0.15) is 0 Å². The van der Waals surface area contributed by atoms with Crippen molar-refractivity contribution < 1.29 is 4.79 Å². The maximum absolute atomic E-state index is 11.9. The maximum atomic E-state index is 11.9. The van der Waals surface area contributed by atoms with Crippen LogP contribution in [0.5, 0.6) is 0 Å². The van der Waals surface area contributed by atoms with Crippen molar-refractivity contribution in [2.24, 2.45) is 5.41 Å². The minimum Gasteiger partial charge on any atom is -0.385 e. The average Bonchev–Trinajstić information content (AvgIpc) is 2.27. The molecular weight excluding hydrogens is 248 g/mol. The second-order valence-electron chi connectivity index (χ2n) is 5.61. The fourth-order valence-corrected chi connectivity index (χ4v) is 1.87. The molecule has 1 heterocycles. The van der Waals surface area contributed by atoms with Crippen LogP contribution in [-0.2, 0) is 11.2 Å². The van der Waals surface area contributed by atoms with E-state index in [9.17, 15) is 4.79 Å². The molecule has 100 valence electrons. The summed E-state index contributed by atoms with van der Waals surface area (Å²) in [6.07, 6.45) is 2.24. The minimum atomic E-state index is -0.353. The molecule has 0 unspecified atom stereocenters. The molecular formula is C14H21ClN2O. The van der Waals surface area contributed by atoms with Crippen LogP contribution in [0.15, 0.2) is 18.2 Å². The van der Waals surface area contributed by atoms with E-state index >= 15 is 0 Å². The molecule has 0 fully saturated rings. The highest BCUT2D eigenvalue weighted by molar-refractivity contribution is 5.94. The Balaban J connectivity index is 0.00000162. The van der Waals surface area contributed by atoms with Gasteiger partial charge in [0.2, 0.25) is 5.91 Å². The molecule has 0 spiro atoms. The summed E-state index contributed by atoms with van der Waals surface area (Å²) in [5.74, 6) is 0.0567. The fourth-order valence-electron chi connectivity index (χ4n) is 1.87. The van der Waals surface area contributed by atoms with Crippen LogP contribution in [0.1, 0.15) is 32.8 Å². The Morgan fingerprint density at radius 1 is 1.33 bits per heavy atom. The molecule has 0 saturated carbocycles. The summed E-state index contributed by atoms with van der Waals surface area (Å²) in [5.41, 5.74) is 3.04. The Morgan fingerprint density at radius 2 is 2.06 bits per heavy atom. The van der Waals surface area contributed by atoms with Gasteiger partial charge in [-0.15, -0.1) is 12.4 Å². The Kier molecular flexibility index (Phi) is 4.63. The highest BCUT2D eigenvalue weighted by atomic mass is 35.5. The van der Waals surface area contributed by atoms with Gasteiger partial charge in [0, 0.05) is 23.3 Å². The van der Waals surface area contributed by atoms with Gasteiger partial charge in [-0.1, -0.05) is 20.8 Å². The van der Waals surface area contributed by atoms with Gasteiger partial charge in [0.1, 0.15) is 0 Å². The Labute approximate surface area is 115 Å². The standard InChI is InChI=1S/C14H20N2O.ClH/c1-14(2,3)13(17)16-11-6-7-12-10(9-11)5-4-8-15-12;/h6-7,9,15H,4-5,8H2,1-3H3,(H,16,17);1H. The van der Waals surface area contributed by atoms with Crippen molar-refractivity contribution in [3.63, 3.8) is 0 Å². The summed E-state index contributed by atoms with van der Waals surface area (Å²) < 4.78 is 0. The molecule has 4 heteroatoms. The quantitative estimate of drug-likeness (QED) is 0.819. The van der Waals surface area contributed by atoms with E-state index in [1.165, 1.54) is 11.3 Å². The molecule has 18 heavy (non-hydrogen) atoms. The van der Waals surface area contributed by atoms with E-state index in [2.05, 4.69) is 16.7 Å². The first-order valence-corrected chi connectivity index (χ1v) is 6.15. The summed E-state index contributed by atoms with van der Waals surface area (Å²) in [7, 11) is 0. The monoisotopic (exact) mass is 268 g/mol. The van der Waals surface area contributed by atoms with Crippen LogP contribution in [0.4, 0.5) is 11.4 Å². The van der Waals surface area contributed by atoms with E-state index < -0.39 is 0 Å². The number of carbonyl (C=O) groups excluding carboxylic acids is 1. The first-order valence-electron chi connectivity index (χ1n) is 6.15. The number of halogens is 1. The van der Waals surface area contributed by atoms with E-state index in [1.54, 1.807) is 0 Å². The second-order valence-corrected chi connectivity index (χ2v) is 5.61. The van der Waals surface area contributed by atoms with Crippen molar-refractivity contribution in [1.82, 2.24) is 0 Å². The average molecular weight is 269 g/mol. The van der Waals surface area contributed by atoms with Gasteiger partial charge in [-0.25, -0.2) is 0 Å². The molecule has 0 saturated heterocycles. The number of rotatable bonds is 1. The van der Waals surface area contributed by atoms with E-state index in [4.69, 9.17) is 0 Å². The second kappa shape index (κ2) is 5.61. The maximum Gasteiger partial charge on any atom is 0.229 e. The van der Waals surface area contributed by atoms with Crippen molar-refractivity contribution >= 4 is 29.7 Å². The molecule has 0 aliphatic carbocycles. The number of nitrogens with one attached hydrogen (secondary N) is 2. The number of hydrogen-bond donors (Lipinski definition) is 2. The molecule has 1 aromatic rings. The highest BCUT2D eigenvalue weighted by Crippen LogP contribution is 2.26. The number of fused-ring (bicyclic) bond motifs is 1. The van der Waals surface area contributed by atoms with Gasteiger partial charge < -0.3 is 10.6 Å². The highest BCUT2D eigenvalue weighted by Gasteiger charge is 2.21. The van der Waals surface area contributed by atoms with Gasteiger partial charge in [-0.3, -0.25) is 4.79 Å². The summed E-state index contributed by atoms with van der Waals surface area (Å²) in [5, 5.41) is 6.33. The van der Waals surface area contributed by atoms with E-state index in [0.29, 0.717) is 0 Å². The molecule has 0 aromatic heterocycles. The third-order valence-electron chi connectivity index (χ3n) is 2.98. The third kappa shape index (κ3) is 3.39. The lowest BCUT2D eigenvalue weighted by molar-refractivity contribution is -0.123. The Hall–Kier alpha value is -1.22. The van der Waals surface area contributed by atoms with Gasteiger partial charge in [0.25, 0.3) is 0 Å². The van der Waals surface area contributed by atoms with Gasteiger partial charge in [0.05, 0.1) is 0 Å². The third-order valence-corrected chi connectivity index (χ3v) is 2.98. The number of hydrogen-bond acceptors (Lipinski definition) is 2. The first kappa shape index (κ1) is 14.8. The van der Waals surface area contributed by atoms with Crippen molar-refractivity contribution in [3.05, 3.63) is 23.8 Å². The van der Waals surface area contributed by atoms with Crippen LogP contribution in [0.3, 0.4) is 0 Å². The molecule has 3 nitrogen and oxygen atoms in total. The summed E-state index contributed by atoms with van der Waals surface area (Å²) in [6, 6.07) is 6.08. The zero-order valence-corrected chi connectivity index (χ0v) is 12.0. The molecule has 0 atom stereocenters. The molecule has 2 rings (SSSR count). The van der Waals surface area contributed by atoms with Crippen LogP contribution in [-0.4, -0.2) is 12.5 Å². The smallest absolute Gasteiger partial charge is 0.229 e. The van der Waals surface area contributed by atoms with Gasteiger partial charge in [0.15, 0.2) is 0 Å². The van der Waals surface area contributed by atoms with Crippen LogP contribution >= 0.6 is 12.4 Å². The summed E-state index contributed by atoms with van der Waals surface area (Å²) in [6.45, 7) is 6.80. The predicted molar refractivity (Wildman–Crippen MR) is 78.6 cm³/mol. The molecule has 1 aliphatic heterocycles. The molecule has 1 aromatic carbocycles. The fraction of sp³-hybridized carbons (Fsp3) is 0.500. The zero-order valence-electron chi connectivity index (χ0n) is 11.2. The van der Waals surface area contributed by atoms with E-state index in [1.807, 2.05) is 32.9 Å². The molecule has 1 aliphatic rings. The van der Waals surface area contributed by atoms with Crippen LogP contribution in [0, 0.1) is 5.41 Å². The van der Waals surface area contributed by atoms with Crippen LogP contribution < -0.4 is 10.6 Å². The number of carbonyl (C=O) groups is 1. The Bertz CT molecular complexity index is 438.